The molecule has 3 heteroatoms. The van der Waals surface area contributed by atoms with E-state index in [0.29, 0.717) is 12.1 Å². The molecule has 1 aliphatic rings. The summed E-state index contributed by atoms with van der Waals surface area (Å²) in [6.45, 7) is 13.9. The average Bonchev–Trinajstić information content (AvgIpc) is 2.52. The lowest BCUT2D eigenvalue weighted by molar-refractivity contribution is 0.105. The van der Waals surface area contributed by atoms with Crippen molar-refractivity contribution in [2.24, 2.45) is 0 Å². The van der Waals surface area contributed by atoms with E-state index in [1.165, 1.54) is 44.7 Å². The predicted molar refractivity (Wildman–Crippen MR) is 90.6 cm³/mol. The fourth-order valence-electron chi connectivity index (χ4n) is 3.13. The van der Waals surface area contributed by atoms with E-state index in [0.717, 1.165) is 6.54 Å². The van der Waals surface area contributed by atoms with Crippen LogP contribution in [0.4, 0.5) is 0 Å². The van der Waals surface area contributed by atoms with Crippen LogP contribution in [0.2, 0.25) is 0 Å². The molecule has 0 saturated carbocycles. The molecular weight excluding hydrogens is 258 g/mol. The zero-order valence-electron chi connectivity index (χ0n) is 13.9. The number of hydrogen-bond acceptors (Lipinski definition) is 3. The normalized spacial score (nSPS) is 19.0. The van der Waals surface area contributed by atoms with Crippen molar-refractivity contribution in [3.8, 4) is 0 Å². The molecule has 0 bridgehead atoms. The minimum absolute atomic E-state index is 0.485. The van der Waals surface area contributed by atoms with Crippen molar-refractivity contribution in [1.29, 1.82) is 0 Å². The van der Waals surface area contributed by atoms with Crippen LogP contribution in [0.15, 0.2) is 30.3 Å². The van der Waals surface area contributed by atoms with Gasteiger partial charge in [-0.2, -0.15) is 0 Å². The molecule has 0 aromatic heterocycles. The largest absolute Gasteiger partial charge is 0.310 e. The van der Waals surface area contributed by atoms with Crippen LogP contribution in [0.1, 0.15) is 38.8 Å². The summed E-state index contributed by atoms with van der Waals surface area (Å²) in [7, 11) is 0. The Labute approximate surface area is 130 Å². The first kappa shape index (κ1) is 16.5. The molecule has 1 aliphatic heterocycles. The maximum Gasteiger partial charge on any atom is 0.0332 e. The highest BCUT2D eigenvalue weighted by Gasteiger charge is 2.19. The topological polar surface area (TPSA) is 18.5 Å². The average molecular weight is 289 g/mol. The van der Waals surface area contributed by atoms with Gasteiger partial charge in [-0.1, -0.05) is 37.3 Å². The number of piperazine rings is 1. The van der Waals surface area contributed by atoms with Crippen LogP contribution in [0.5, 0.6) is 0 Å². The predicted octanol–water partition coefficient (Wildman–Crippen LogP) is 2.75. The molecule has 21 heavy (non-hydrogen) atoms. The van der Waals surface area contributed by atoms with E-state index in [9.17, 15) is 0 Å². The SMILES string of the molecule is CCNC(CCN1CCN(C(C)C)CC1)c1ccccc1. The van der Waals surface area contributed by atoms with Gasteiger partial charge >= 0.3 is 0 Å². The van der Waals surface area contributed by atoms with Crippen molar-refractivity contribution < 1.29 is 0 Å². The van der Waals surface area contributed by atoms with E-state index in [2.05, 4.69) is 66.2 Å². The molecule has 0 amide bonds. The lowest BCUT2D eigenvalue weighted by Gasteiger charge is -2.37. The van der Waals surface area contributed by atoms with Gasteiger partial charge in [0, 0.05) is 44.8 Å². The smallest absolute Gasteiger partial charge is 0.0332 e. The lowest BCUT2D eigenvalue weighted by Crippen LogP contribution is -2.49. The molecule has 1 N–H and O–H groups in total. The standard InChI is InChI=1S/C18H31N3/c1-4-19-18(17-8-6-5-7-9-17)10-11-20-12-14-21(15-13-20)16(2)3/h5-9,16,18-19H,4,10-15H2,1-3H3. The van der Waals surface area contributed by atoms with Gasteiger partial charge in [-0.05, 0) is 32.4 Å². The number of hydrogen-bond donors (Lipinski definition) is 1. The molecule has 1 aromatic rings. The molecule has 1 unspecified atom stereocenters. The van der Waals surface area contributed by atoms with Gasteiger partial charge in [0.05, 0.1) is 0 Å². The summed E-state index contributed by atoms with van der Waals surface area (Å²) in [6, 6.07) is 12.0. The molecule has 0 spiro atoms. The Morgan fingerprint density at radius 2 is 1.71 bits per heavy atom. The highest BCUT2D eigenvalue weighted by molar-refractivity contribution is 5.18. The molecule has 1 aromatic carbocycles. The van der Waals surface area contributed by atoms with Gasteiger partial charge in [0.1, 0.15) is 0 Å². The molecule has 1 atom stereocenters. The molecule has 0 radical (unpaired) electrons. The monoisotopic (exact) mass is 289 g/mol. The summed E-state index contributed by atoms with van der Waals surface area (Å²) >= 11 is 0. The minimum atomic E-state index is 0.485. The van der Waals surface area contributed by atoms with Crippen LogP contribution in [-0.2, 0) is 0 Å². The number of rotatable bonds is 7. The van der Waals surface area contributed by atoms with Gasteiger partial charge in [-0.15, -0.1) is 0 Å². The first-order valence-corrected chi connectivity index (χ1v) is 8.45. The van der Waals surface area contributed by atoms with Gasteiger partial charge in [0.25, 0.3) is 0 Å². The molecule has 2 rings (SSSR count). The van der Waals surface area contributed by atoms with Crippen molar-refractivity contribution in [2.45, 2.75) is 39.3 Å². The maximum absolute atomic E-state index is 3.63. The van der Waals surface area contributed by atoms with E-state index in [1.807, 2.05) is 0 Å². The fourth-order valence-corrected chi connectivity index (χ4v) is 3.13. The summed E-state index contributed by atoms with van der Waals surface area (Å²) in [5, 5.41) is 3.63. The van der Waals surface area contributed by atoms with Crippen LogP contribution >= 0.6 is 0 Å². The number of benzene rings is 1. The molecule has 1 heterocycles. The van der Waals surface area contributed by atoms with E-state index >= 15 is 0 Å². The Morgan fingerprint density at radius 1 is 1.05 bits per heavy atom. The van der Waals surface area contributed by atoms with Gasteiger partial charge in [0.15, 0.2) is 0 Å². The van der Waals surface area contributed by atoms with Crippen LogP contribution < -0.4 is 5.32 Å². The quantitative estimate of drug-likeness (QED) is 0.833. The highest BCUT2D eigenvalue weighted by atomic mass is 15.3. The Kier molecular flexibility index (Phi) is 6.68. The van der Waals surface area contributed by atoms with Crippen LogP contribution in [0.3, 0.4) is 0 Å². The van der Waals surface area contributed by atoms with E-state index in [4.69, 9.17) is 0 Å². The Morgan fingerprint density at radius 3 is 2.29 bits per heavy atom. The maximum atomic E-state index is 3.63. The molecule has 1 saturated heterocycles. The zero-order chi connectivity index (χ0) is 15.1. The number of nitrogens with one attached hydrogen (secondary N) is 1. The fraction of sp³-hybridized carbons (Fsp3) is 0.667. The van der Waals surface area contributed by atoms with Crippen molar-refractivity contribution >= 4 is 0 Å². The summed E-state index contributed by atoms with van der Waals surface area (Å²) in [4.78, 5) is 5.20. The summed E-state index contributed by atoms with van der Waals surface area (Å²) in [5.41, 5.74) is 1.42. The second-order valence-corrected chi connectivity index (χ2v) is 6.28. The third kappa shape index (κ3) is 5.10. The third-order valence-corrected chi connectivity index (χ3v) is 4.52. The zero-order valence-corrected chi connectivity index (χ0v) is 13.9. The summed E-state index contributed by atoms with van der Waals surface area (Å²) in [6.07, 6.45) is 1.19. The second kappa shape index (κ2) is 8.52. The molecule has 0 aliphatic carbocycles. The highest BCUT2D eigenvalue weighted by Crippen LogP contribution is 2.17. The molecule has 3 nitrogen and oxygen atoms in total. The molecule has 118 valence electrons. The second-order valence-electron chi connectivity index (χ2n) is 6.28. The van der Waals surface area contributed by atoms with Gasteiger partial charge in [0.2, 0.25) is 0 Å². The van der Waals surface area contributed by atoms with Gasteiger partial charge in [-0.3, -0.25) is 4.90 Å². The van der Waals surface area contributed by atoms with E-state index in [-0.39, 0.29) is 0 Å². The van der Waals surface area contributed by atoms with Crippen LogP contribution in [0, 0.1) is 0 Å². The third-order valence-electron chi connectivity index (χ3n) is 4.52. The van der Waals surface area contributed by atoms with E-state index < -0.39 is 0 Å². The lowest BCUT2D eigenvalue weighted by atomic mass is 10.0. The van der Waals surface area contributed by atoms with Gasteiger partial charge < -0.3 is 10.2 Å². The number of nitrogens with zero attached hydrogens (tertiary/aromatic N) is 2. The first-order valence-electron chi connectivity index (χ1n) is 8.45. The van der Waals surface area contributed by atoms with Crippen LogP contribution in [-0.4, -0.2) is 55.1 Å². The van der Waals surface area contributed by atoms with Crippen molar-refractivity contribution in [3.05, 3.63) is 35.9 Å². The Hall–Kier alpha value is -0.900. The van der Waals surface area contributed by atoms with Crippen molar-refractivity contribution in [3.63, 3.8) is 0 Å². The van der Waals surface area contributed by atoms with Gasteiger partial charge in [-0.25, -0.2) is 0 Å². The minimum Gasteiger partial charge on any atom is -0.310 e. The molecular formula is C18H31N3. The van der Waals surface area contributed by atoms with E-state index in [1.54, 1.807) is 0 Å². The van der Waals surface area contributed by atoms with Crippen molar-refractivity contribution in [2.75, 3.05) is 39.3 Å². The summed E-state index contributed by atoms with van der Waals surface area (Å²) in [5.74, 6) is 0. The Balaban J connectivity index is 1.80. The summed E-state index contributed by atoms with van der Waals surface area (Å²) < 4.78 is 0. The Bertz CT molecular complexity index is 383. The first-order chi connectivity index (χ1) is 10.2. The molecule has 1 fully saturated rings. The van der Waals surface area contributed by atoms with Crippen LogP contribution in [0.25, 0.3) is 0 Å². The van der Waals surface area contributed by atoms with Crippen molar-refractivity contribution in [1.82, 2.24) is 15.1 Å².